The lowest BCUT2D eigenvalue weighted by Crippen LogP contribution is -2.21. The van der Waals surface area contributed by atoms with E-state index < -0.39 is 8.07 Å². The number of imidazole rings is 1. The van der Waals surface area contributed by atoms with E-state index in [1.807, 2.05) is 25.5 Å². The van der Waals surface area contributed by atoms with Gasteiger partial charge in [0.1, 0.15) is 6.73 Å². The van der Waals surface area contributed by atoms with Gasteiger partial charge in [0.15, 0.2) is 0 Å². The maximum Gasteiger partial charge on any atom is 0.124 e. The monoisotopic (exact) mass is 277 g/mol. The van der Waals surface area contributed by atoms with Gasteiger partial charge in [-0.15, -0.1) is 0 Å². The SMILES string of the molecule is CNc1ccc2ncn(COCC[Si](C)(C)C)c2c1. The molecule has 0 fully saturated rings. The number of nitrogens with one attached hydrogen (secondary N) is 1. The fourth-order valence-corrected chi connectivity index (χ4v) is 2.61. The van der Waals surface area contributed by atoms with Crippen molar-refractivity contribution >= 4 is 24.8 Å². The fourth-order valence-electron chi connectivity index (χ4n) is 1.86. The zero-order valence-electron chi connectivity index (χ0n) is 12.2. The molecule has 0 bridgehead atoms. The van der Waals surface area contributed by atoms with Gasteiger partial charge in [0.05, 0.1) is 17.4 Å². The summed E-state index contributed by atoms with van der Waals surface area (Å²) in [4.78, 5) is 4.39. The van der Waals surface area contributed by atoms with Crippen molar-refractivity contribution in [3.05, 3.63) is 24.5 Å². The quantitative estimate of drug-likeness (QED) is 0.650. The number of fused-ring (bicyclic) bond motifs is 1. The van der Waals surface area contributed by atoms with E-state index in [0.29, 0.717) is 6.73 Å². The van der Waals surface area contributed by atoms with E-state index in [4.69, 9.17) is 4.74 Å². The van der Waals surface area contributed by atoms with Crippen LogP contribution in [0.1, 0.15) is 0 Å². The minimum Gasteiger partial charge on any atom is -0.388 e. The number of hydrogen-bond acceptors (Lipinski definition) is 3. The van der Waals surface area contributed by atoms with E-state index >= 15 is 0 Å². The maximum atomic E-state index is 5.77. The molecule has 0 unspecified atom stereocenters. The Kier molecular flexibility index (Phi) is 4.26. The number of nitrogens with zero attached hydrogens (tertiary/aromatic N) is 2. The first-order valence-corrected chi connectivity index (χ1v) is 10.4. The van der Waals surface area contributed by atoms with E-state index in [1.165, 1.54) is 6.04 Å². The van der Waals surface area contributed by atoms with Gasteiger partial charge in [-0.05, 0) is 24.2 Å². The van der Waals surface area contributed by atoms with Gasteiger partial charge in [-0.1, -0.05) is 19.6 Å². The Hall–Kier alpha value is -1.33. The van der Waals surface area contributed by atoms with Gasteiger partial charge < -0.3 is 14.6 Å². The van der Waals surface area contributed by atoms with Gasteiger partial charge in [0.25, 0.3) is 0 Å². The molecule has 1 N–H and O–H groups in total. The summed E-state index contributed by atoms with van der Waals surface area (Å²) in [6.45, 7) is 8.50. The van der Waals surface area contributed by atoms with Crippen molar-refractivity contribution in [1.82, 2.24) is 9.55 Å². The summed E-state index contributed by atoms with van der Waals surface area (Å²) >= 11 is 0. The molecule has 0 amide bonds. The second kappa shape index (κ2) is 5.75. The van der Waals surface area contributed by atoms with Crippen LogP contribution < -0.4 is 5.32 Å². The standard InChI is InChI=1S/C14H23N3OSi/c1-15-12-5-6-13-14(9-12)17(10-16-13)11-18-7-8-19(2,3)4/h5-6,9-10,15H,7-8,11H2,1-4H3. The third-order valence-corrected chi connectivity index (χ3v) is 4.84. The molecule has 104 valence electrons. The van der Waals surface area contributed by atoms with Gasteiger partial charge in [0.2, 0.25) is 0 Å². The van der Waals surface area contributed by atoms with E-state index in [0.717, 1.165) is 23.3 Å². The van der Waals surface area contributed by atoms with Crippen LogP contribution in [0.2, 0.25) is 25.7 Å². The van der Waals surface area contributed by atoms with Crippen molar-refractivity contribution in [3.63, 3.8) is 0 Å². The molecule has 0 aliphatic heterocycles. The molecular weight excluding hydrogens is 254 g/mol. The summed E-state index contributed by atoms with van der Waals surface area (Å²) in [6.07, 6.45) is 1.85. The number of hydrogen-bond donors (Lipinski definition) is 1. The topological polar surface area (TPSA) is 39.1 Å². The molecule has 0 saturated carbocycles. The minimum absolute atomic E-state index is 0.578. The predicted molar refractivity (Wildman–Crippen MR) is 83.4 cm³/mol. The van der Waals surface area contributed by atoms with E-state index in [9.17, 15) is 0 Å². The molecule has 1 heterocycles. The average molecular weight is 277 g/mol. The third-order valence-electron chi connectivity index (χ3n) is 3.14. The van der Waals surface area contributed by atoms with Crippen LogP contribution in [-0.2, 0) is 11.5 Å². The number of ether oxygens (including phenoxy) is 1. The van der Waals surface area contributed by atoms with Crippen LogP contribution in [0.25, 0.3) is 11.0 Å². The second-order valence-electron chi connectivity index (χ2n) is 6.02. The van der Waals surface area contributed by atoms with Crippen molar-refractivity contribution in [2.75, 3.05) is 19.0 Å². The Morgan fingerprint density at radius 2 is 2.11 bits per heavy atom. The Morgan fingerprint density at radius 1 is 1.32 bits per heavy atom. The summed E-state index contributed by atoms with van der Waals surface area (Å²) in [5, 5.41) is 3.15. The highest BCUT2D eigenvalue weighted by Crippen LogP contribution is 2.18. The lowest BCUT2D eigenvalue weighted by molar-refractivity contribution is 0.0898. The van der Waals surface area contributed by atoms with E-state index in [1.54, 1.807) is 0 Å². The third kappa shape index (κ3) is 3.81. The van der Waals surface area contributed by atoms with Crippen molar-refractivity contribution in [2.24, 2.45) is 0 Å². The Morgan fingerprint density at radius 3 is 2.79 bits per heavy atom. The molecular formula is C14H23N3OSi. The molecule has 1 aromatic heterocycles. The van der Waals surface area contributed by atoms with Crippen LogP contribution in [0.4, 0.5) is 5.69 Å². The smallest absolute Gasteiger partial charge is 0.124 e. The van der Waals surface area contributed by atoms with Crippen LogP contribution in [0.15, 0.2) is 24.5 Å². The molecule has 0 radical (unpaired) electrons. The Labute approximate surface area is 115 Å². The molecule has 0 spiro atoms. The first kappa shape index (κ1) is 14.1. The highest BCUT2D eigenvalue weighted by molar-refractivity contribution is 6.76. The minimum atomic E-state index is -1.01. The summed E-state index contributed by atoms with van der Waals surface area (Å²) in [5.41, 5.74) is 3.21. The first-order valence-electron chi connectivity index (χ1n) is 6.70. The van der Waals surface area contributed by atoms with E-state index in [-0.39, 0.29) is 0 Å². The fraction of sp³-hybridized carbons (Fsp3) is 0.500. The molecule has 1 aromatic carbocycles. The van der Waals surface area contributed by atoms with Crippen LogP contribution in [0.5, 0.6) is 0 Å². The van der Waals surface area contributed by atoms with Crippen LogP contribution >= 0.6 is 0 Å². The molecule has 2 aromatic rings. The highest BCUT2D eigenvalue weighted by atomic mass is 28.3. The maximum absolute atomic E-state index is 5.77. The van der Waals surface area contributed by atoms with Crippen LogP contribution in [0.3, 0.4) is 0 Å². The van der Waals surface area contributed by atoms with Crippen LogP contribution in [0, 0.1) is 0 Å². The van der Waals surface area contributed by atoms with Crippen molar-refractivity contribution in [1.29, 1.82) is 0 Å². The Balaban J connectivity index is 2.00. The summed E-state index contributed by atoms with van der Waals surface area (Å²) < 4.78 is 7.83. The second-order valence-corrected chi connectivity index (χ2v) is 11.6. The first-order chi connectivity index (χ1) is 8.99. The number of rotatable bonds is 6. The number of aromatic nitrogens is 2. The summed E-state index contributed by atoms with van der Waals surface area (Å²) in [5.74, 6) is 0. The van der Waals surface area contributed by atoms with Gasteiger partial charge in [-0.25, -0.2) is 4.98 Å². The van der Waals surface area contributed by atoms with Gasteiger partial charge >= 0.3 is 0 Å². The Bertz CT molecular complexity index is 545. The van der Waals surface area contributed by atoms with Gasteiger partial charge in [-0.2, -0.15) is 0 Å². The lowest BCUT2D eigenvalue weighted by Gasteiger charge is -2.15. The highest BCUT2D eigenvalue weighted by Gasteiger charge is 2.12. The molecule has 0 aliphatic rings. The van der Waals surface area contributed by atoms with Crippen molar-refractivity contribution < 1.29 is 4.74 Å². The molecule has 0 saturated heterocycles. The molecule has 4 nitrogen and oxygen atoms in total. The van der Waals surface area contributed by atoms with E-state index in [2.05, 4.69) is 40.6 Å². The molecule has 5 heteroatoms. The molecule has 0 aliphatic carbocycles. The zero-order valence-corrected chi connectivity index (χ0v) is 13.2. The van der Waals surface area contributed by atoms with Gasteiger partial charge in [0, 0.05) is 27.4 Å². The predicted octanol–water partition coefficient (Wildman–Crippen LogP) is 3.39. The zero-order chi connectivity index (χ0) is 13.9. The van der Waals surface area contributed by atoms with Crippen LogP contribution in [-0.4, -0.2) is 31.3 Å². The molecule has 2 rings (SSSR count). The normalized spacial score (nSPS) is 12.0. The average Bonchev–Trinajstić information content (AvgIpc) is 2.76. The summed E-state index contributed by atoms with van der Waals surface area (Å²) in [7, 11) is 0.915. The van der Waals surface area contributed by atoms with Crippen molar-refractivity contribution in [2.45, 2.75) is 32.4 Å². The summed E-state index contributed by atoms with van der Waals surface area (Å²) in [6, 6.07) is 7.36. The number of anilines is 1. The van der Waals surface area contributed by atoms with Gasteiger partial charge in [-0.3, -0.25) is 0 Å². The molecule has 0 atom stereocenters. The molecule has 19 heavy (non-hydrogen) atoms. The largest absolute Gasteiger partial charge is 0.388 e. The lowest BCUT2D eigenvalue weighted by atomic mass is 10.3. The number of benzene rings is 1. The van der Waals surface area contributed by atoms with Crippen molar-refractivity contribution in [3.8, 4) is 0 Å².